The zero-order valence-corrected chi connectivity index (χ0v) is 11.4. The minimum Gasteiger partial charge on any atom is -0.399 e. The number of aromatic nitrogens is 2. The number of rotatable bonds is 2. The van der Waals surface area contributed by atoms with Crippen LogP contribution >= 0.6 is 0 Å². The van der Waals surface area contributed by atoms with Crippen molar-refractivity contribution in [2.45, 2.75) is 13.8 Å². The minimum absolute atomic E-state index is 0.536. The highest BCUT2D eigenvalue weighted by Gasteiger charge is 2.12. The molecule has 4 heteroatoms. The zero-order chi connectivity index (χ0) is 14.1. The molecule has 2 N–H and O–H groups in total. The lowest BCUT2D eigenvalue weighted by molar-refractivity contribution is 0.432. The van der Waals surface area contributed by atoms with Crippen LogP contribution in [0, 0.1) is 13.8 Å². The van der Waals surface area contributed by atoms with Crippen LogP contribution in [0.15, 0.2) is 47.0 Å². The fourth-order valence-corrected chi connectivity index (χ4v) is 2.14. The Morgan fingerprint density at radius 2 is 1.75 bits per heavy atom. The van der Waals surface area contributed by atoms with Crippen molar-refractivity contribution >= 4 is 5.69 Å². The second-order valence-corrected chi connectivity index (χ2v) is 4.86. The first kappa shape index (κ1) is 12.4. The first-order chi connectivity index (χ1) is 9.63. The van der Waals surface area contributed by atoms with Crippen molar-refractivity contribution in [2.24, 2.45) is 0 Å². The Bertz CT molecular complexity index is 745. The van der Waals surface area contributed by atoms with Gasteiger partial charge in [0.1, 0.15) is 0 Å². The molecule has 0 amide bonds. The molecule has 0 radical (unpaired) electrons. The van der Waals surface area contributed by atoms with Gasteiger partial charge in [-0.3, -0.25) is 0 Å². The Balaban J connectivity index is 1.99. The normalized spacial score (nSPS) is 10.7. The highest BCUT2D eigenvalue weighted by atomic mass is 16.5. The molecule has 0 bridgehead atoms. The van der Waals surface area contributed by atoms with Crippen LogP contribution in [0.4, 0.5) is 5.69 Å². The highest BCUT2D eigenvalue weighted by molar-refractivity contribution is 5.63. The van der Waals surface area contributed by atoms with E-state index in [0.717, 1.165) is 16.7 Å². The monoisotopic (exact) mass is 265 g/mol. The molecule has 1 aromatic heterocycles. The van der Waals surface area contributed by atoms with Gasteiger partial charge in [-0.1, -0.05) is 22.9 Å². The summed E-state index contributed by atoms with van der Waals surface area (Å²) in [4.78, 5) is 4.45. The summed E-state index contributed by atoms with van der Waals surface area (Å²) >= 11 is 0. The van der Waals surface area contributed by atoms with Crippen molar-refractivity contribution in [3.63, 3.8) is 0 Å². The van der Waals surface area contributed by atoms with Gasteiger partial charge in [0, 0.05) is 16.8 Å². The molecule has 1 heterocycles. The van der Waals surface area contributed by atoms with E-state index in [1.165, 1.54) is 5.56 Å². The first-order valence-corrected chi connectivity index (χ1v) is 6.41. The molecule has 0 fully saturated rings. The third-order valence-corrected chi connectivity index (χ3v) is 3.21. The number of hydrogen-bond donors (Lipinski definition) is 1. The van der Waals surface area contributed by atoms with Crippen LogP contribution in [0.5, 0.6) is 0 Å². The molecule has 0 saturated carbocycles. The molecule has 3 rings (SSSR count). The number of aryl methyl sites for hydroxylation is 2. The lowest BCUT2D eigenvalue weighted by atomic mass is 10.1. The molecule has 100 valence electrons. The van der Waals surface area contributed by atoms with Crippen LogP contribution in [0.25, 0.3) is 22.8 Å². The van der Waals surface area contributed by atoms with Gasteiger partial charge in [-0.25, -0.2) is 0 Å². The topological polar surface area (TPSA) is 64.9 Å². The van der Waals surface area contributed by atoms with E-state index in [0.29, 0.717) is 17.4 Å². The predicted octanol–water partition coefficient (Wildman–Crippen LogP) is 3.60. The Morgan fingerprint density at radius 1 is 1.00 bits per heavy atom. The van der Waals surface area contributed by atoms with E-state index < -0.39 is 0 Å². The average Bonchev–Trinajstić information content (AvgIpc) is 2.89. The summed E-state index contributed by atoms with van der Waals surface area (Å²) in [5.41, 5.74) is 10.6. The number of benzene rings is 2. The van der Waals surface area contributed by atoms with Crippen LogP contribution in [-0.2, 0) is 0 Å². The van der Waals surface area contributed by atoms with Crippen molar-refractivity contribution in [1.29, 1.82) is 0 Å². The molecule has 2 aromatic carbocycles. The van der Waals surface area contributed by atoms with E-state index >= 15 is 0 Å². The molecule has 0 unspecified atom stereocenters. The standard InChI is InChI=1S/C16H15N3O/c1-10-3-8-14(11(2)9-10)16-18-15(19-20-16)12-4-6-13(17)7-5-12/h3-9H,17H2,1-2H3. The van der Waals surface area contributed by atoms with Crippen molar-refractivity contribution in [3.05, 3.63) is 53.6 Å². The SMILES string of the molecule is Cc1ccc(-c2nc(-c3ccc(N)cc3)no2)c(C)c1. The van der Waals surface area contributed by atoms with Crippen LogP contribution < -0.4 is 5.73 Å². The van der Waals surface area contributed by atoms with Crippen LogP contribution in [-0.4, -0.2) is 10.1 Å². The van der Waals surface area contributed by atoms with Gasteiger partial charge in [-0.2, -0.15) is 4.98 Å². The van der Waals surface area contributed by atoms with E-state index in [-0.39, 0.29) is 0 Å². The van der Waals surface area contributed by atoms with Crippen molar-refractivity contribution < 1.29 is 4.52 Å². The van der Waals surface area contributed by atoms with Crippen molar-refractivity contribution in [1.82, 2.24) is 10.1 Å². The largest absolute Gasteiger partial charge is 0.399 e. The third kappa shape index (κ3) is 2.28. The Hall–Kier alpha value is -2.62. The summed E-state index contributed by atoms with van der Waals surface area (Å²) < 4.78 is 5.36. The van der Waals surface area contributed by atoms with E-state index in [1.54, 1.807) is 0 Å². The van der Waals surface area contributed by atoms with Gasteiger partial charge in [0.15, 0.2) is 0 Å². The Morgan fingerprint density at radius 3 is 2.45 bits per heavy atom. The Kier molecular flexibility index (Phi) is 2.99. The minimum atomic E-state index is 0.536. The molecule has 0 aliphatic heterocycles. The second kappa shape index (κ2) is 4.81. The van der Waals surface area contributed by atoms with E-state index in [9.17, 15) is 0 Å². The number of anilines is 1. The molecule has 0 aliphatic rings. The molecule has 0 atom stereocenters. The number of nitrogen functional groups attached to an aromatic ring is 1. The molecule has 0 spiro atoms. The number of hydrogen-bond acceptors (Lipinski definition) is 4. The molecule has 20 heavy (non-hydrogen) atoms. The smallest absolute Gasteiger partial charge is 0.258 e. The van der Waals surface area contributed by atoms with Gasteiger partial charge >= 0.3 is 0 Å². The number of nitrogens with zero attached hydrogens (tertiary/aromatic N) is 2. The molecule has 4 nitrogen and oxygen atoms in total. The summed E-state index contributed by atoms with van der Waals surface area (Å²) in [6.07, 6.45) is 0. The second-order valence-electron chi connectivity index (χ2n) is 4.86. The highest BCUT2D eigenvalue weighted by Crippen LogP contribution is 2.25. The quantitative estimate of drug-likeness (QED) is 0.719. The van der Waals surface area contributed by atoms with Gasteiger partial charge in [0.2, 0.25) is 5.82 Å². The Labute approximate surface area is 117 Å². The van der Waals surface area contributed by atoms with Gasteiger partial charge in [0.05, 0.1) is 0 Å². The van der Waals surface area contributed by atoms with Gasteiger partial charge in [0.25, 0.3) is 5.89 Å². The van der Waals surface area contributed by atoms with E-state index in [4.69, 9.17) is 10.3 Å². The van der Waals surface area contributed by atoms with Gasteiger partial charge < -0.3 is 10.3 Å². The fraction of sp³-hybridized carbons (Fsp3) is 0.125. The molecule has 3 aromatic rings. The summed E-state index contributed by atoms with van der Waals surface area (Å²) in [5, 5.41) is 4.03. The molecular formula is C16H15N3O. The van der Waals surface area contributed by atoms with Crippen molar-refractivity contribution in [2.75, 3.05) is 5.73 Å². The summed E-state index contributed by atoms with van der Waals surface area (Å²) in [5.74, 6) is 1.11. The third-order valence-electron chi connectivity index (χ3n) is 3.21. The molecule has 0 aliphatic carbocycles. The summed E-state index contributed by atoms with van der Waals surface area (Å²) in [7, 11) is 0. The van der Waals surface area contributed by atoms with Crippen LogP contribution in [0.1, 0.15) is 11.1 Å². The van der Waals surface area contributed by atoms with Gasteiger partial charge in [-0.05, 0) is 49.7 Å². The lowest BCUT2D eigenvalue weighted by Gasteiger charge is -2.01. The first-order valence-electron chi connectivity index (χ1n) is 6.41. The molecule has 0 saturated heterocycles. The van der Waals surface area contributed by atoms with Gasteiger partial charge in [-0.15, -0.1) is 0 Å². The zero-order valence-electron chi connectivity index (χ0n) is 11.4. The van der Waals surface area contributed by atoms with Crippen LogP contribution in [0.2, 0.25) is 0 Å². The maximum Gasteiger partial charge on any atom is 0.258 e. The van der Waals surface area contributed by atoms with Crippen molar-refractivity contribution in [3.8, 4) is 22.8 Å². The fourth-order valence-electron chi connectivity index (χ4n) is 2.14. The summed E-state index contributed by atoms with van der Waals surface area (Å²) in [6.45, 7) is 4.10. The maximum atomic E-state index is 5.67. The number of nitrogens with two attached hydrogens (primary N) is 1. The lowest BCUT2D eigenvalue weighted by Crippen LogP contribution is -1.86. The molecular weight excluding hydrogens is 250 g/mol. The summed E-state index contributed by atoms with van der Waals surface area (Å²) in [6, 6.07) is 13.5. The predicted molar refractivity (Wildman–Crippen MR) is 79.1 cm³/mol. The van der Waals surface area contributed by atoms with E-state index in [2.05, 4.69) is 23.1 Å². The van der Waals surface area contributed by atoms with E-state index in [1.807, 2.05) is 43.3 Å². The maximum absolute atomic E-state index is 5.67. The van der Waals surface area contributed by atoms with Crippen LogP contribution in [0.3, 0.4) is 0 Å². The average molecular weight is 265 g/mol.